The Kier molecular flexibility index (Phi) is 6.62. The lowest BCUT2D eigenvalue weighted by Gasteiger charge is -2.43. The Morgan fingerprint density at radius 1 is 1.03 bits per heavy atom. The second-order valence-corrected chi connectivity index (χ2v) is 8.61. The molecule has 0 saturated carbocycles. The van der Waals surface area contributed by atoms with Crippen molar-refractivity contribution in [1.29, 1.82) is 0 Å². The van der Waals surface area contributed by atoms with Crippen LogP contribution < -0.4 is 4.90 Å². The number of aromatic nitrogens is 1. The van der Waals surface area contributed by atoms with Crippen LogP contribution in [0.5, 0.6) is 0 Å². The quantitative estimate of drug-likeness (QED) is 0.716. The molecule has 0 aromatic carbocycles. The maximum absolute atomic E-state index is 12.2. The number of pyridine rings is 1. The van der Waals surface area contributed by atoms with E-state index in [9.17, 15) is 9.59 Å². The van der Waals surface area contributed by atoms with Gasteiger partial charge in [0.25, 0.3) is 0 Å². The van der Waals surface area contributed by atoms with Gasteiger partial charge in [0.05, 0.1) is 19.0 Å². The highest BCUT2D eigenvalue weighted by Crippen LogP contribution is 2.23. The highest BCUT2D eigenvalue weighted by molar-refractivity contribution is 5.87. The van der Waals surface area contributed by atoms with E-state index in [4.69, 9.17) is 9.47 Å². The van der Waals surface area contributed by atoms with E-state index >= 15 is 0 Å². The molecule has 3 rings (SSSR count). The number of methoxy groups -OCH3 is 1. The first-order valence-electron chi connectivity index (χ1n) is 10.3. The molecule has 160 valence electrons. The molecule has 1 aromatic rings. The van der Waals surface area contributed by atoms with Gasteiger partial charge in [-0.25, -0.2) is 14.6 Å². The summed E-state index contributed by atoms with van der Waals surface area (Å²) in [6.45, 7) is 10.8. The molecule has 1 amide bonds. The minimum atomic E-state index is -0.453. The summed E-state index contributed by atoms with van der Waals surface area (Å²) in [6, 6.07) is 4.18. The molecule has 0 unspecified atom stereocenters. The largest absolute Gasteiger partial charge is 0.464 e. The van der Waals surface area contributed by atoms with Gasteiger partial charge in [-0.2, -0.15) is 0 Å². The number of anilines is 1. The Hall–Kier alpha value is -2.35. The van der Waals surface area contributed by atoms with E-state index in [0.717, 1.165) is 44.7 Å². The lowest BCUT2D eigenvalue weighted by atomic mass is 10.0. The summed E-state index contributed by atoms with van der Waals surface area (Å²) in [4.78, 5) is 34.6. The number of carbonyl (C=O) groups excluding carboxylic acids is 2. The SMILES string of the molecule is COC(=O)c1ccc(N2CCC(N3CCN(C(=O)OC(C)(C)C)CC3)CC2)cn1. The molecule has 1 aromatic heterocycles. The van der Waals surface area contributed by atoms with Crippen LogP contribution in [0.3, 0.4) is 0 Å². The zero-order valence-corrected chi connectivity index (χ0v) is 17.9. The number of nitrogens with zero attached hydrogens (tertiary/aromatic N) is 4. The third kappa shape index (κ3) is 5.59. The number of esters is 1. The van der Waals surface area contributed by atoms with Crippen molar-refractivity contribution in [1.82, 2.24) is 14.8 Å². The Balaban J connectivity index is 1.45. The first kappa shape index (κ1) is 21.4. The molecule has 29 heavy (non-hydrogen) atoms. The van der Waals surface area contributed by atoms with E-state index in [0.29, 0.717) is 24.8 Å². The minimum absolute atomic E-state index is 0.213. The van der Waals surface area contributed by atoms with Gasteiger partial charge in [0, 0.05) is 45.3 Å². The molecule has 0 atom stereocenters. The molecule has 0 N–H and O–H groups in total. The van der Waals surface area contributed by atoms with Crippen molar-refractivity contribution in [3.05, 3.63) is 24.0 Å². The van der Waals surface area contributed by atoms with E-state index in [1.54, 1.807) is 12.3 Å². The standard InChI is InChI=1S/C21H32N4O4/c1-21(2,3)29-20(27)25-13-11-24(12-14-25)16-7-9-23(10-8-16)17-5-6-18(22-15-17)19(26)28-4/h5-6,15-16H,7-14H2,1-4H3. The van der Waals surface area contributed by atoms with E-state index in [-0.39, 0.29) is 6.09 Å². The van der Waals surface area contributed by atoms with Gasteiger partial charge in [-0.05, 0) is 45.7 Å². The van der Waals surface area contributed by atoms with Gasteiger partial charge in [-0.3, -0.25) is 4.90 Å². The number of ether oxygens (including phenoxy) is 2. The second kappa shape index (κ2) is 8.98. The number of piperazine rings is 1. The van der Waals surface area contributed by atoms with Crippen LogP contribution in [0.25, 0.3) is 0 Å². The molecule has 0 aliphatic carbocycles. The molecule has 2 fully saturated rings. The second-order valence-electron chi connectivity index (χ2n) is 8.61. The van der Waals surface area contributed by atoms with Crippen molar-refractivity contribution in [3.8, 4) is 0 Å². The van der Waals surface area contributed by atoms with Gasteiger partial charge in [-0.15, -0.1) is 0 Å². The summed E-state index contributed by atoms with van der Waals surface area (Å²) in [6.07, 6.45) is 3.68. The zero-order valence-electron chi connectivity index (χ0n) is 17.9. The van der Waals surface area contributed by atoms with Gasteiger partial charge in [0.2, 0.25) is 0 Å². The van der Waals surface area contributed by atoms with Crippen LogP contribution in [-0.2, 0) is 9.47 Å². The fraction of sp³-hybridized carbons (Fsp3) is 0.667. The average molecular weight is 405 g/mol. The van der Waals surface area contributed by atoms with Crippen LogP contribution in [0.2, 0.25) is 0 Å². The normalized spacial score (nSPS) is 19.2. The van der Waals surface area contributed by atoms with E-state index in [1.807, 2.05) is 31.7 Å². The highest BCUT2D eigenvalue weighted by atomic mass is 16.6. The van der Waals surface area contributed by atoms with Gasteiger partial charge < -0.3 is 19.3 Å². The molecule has 0 radical (unpaired) electrons. The Bertz CT molecular complexity index is 700. The summed E-state index contributed by atoms with van der Waals surface area (Å²) < 4.78 is 10.2. The van der Waals surface area contributed by atoms with Gasteiger partial charge in [-0.1, -0.05) is 0 Å². The summed E-state index contributed by atoms with van der Waals surface area (Å²) in [7, 11) is 1.36. The minimum Gasteiger partial charge on any atom is -0.464 e. The molecule has 3 heterocycles. The van der Waals surface area contributed by atoms with Gasteiger partial charge in [0.15, 0.2) is 0 Å². The lowest BCUT2D eigenvalue weighted by Crippen LogP contribution is -2.55. The monoisotopic (exact) mass is 404 g/mol. The van der Waals surface area contributed by atoms with E-state index in [2.05, 4.69) is 14.8 Å². The van der Waals surface area contributed by atoms with Crippen LogP contribution in [0.1, 0.15) is 44.1 Å². The third-order valence-electron chi connectivity index (χ3n) is 5.45. The van der Waals surface area contributed by atoms with Crippen molar-refractivity contribution in [2.45, 2.75) is 45.3 Å². The summed E-state index contributed by atoms with van der Waals surface area (Å²) in [5.74, 6) is -0.416. The average Bonchev–Trinajstić information content (AvgIpc) is 2.72. The number of rotatable bonds is 3. The summed E-state index contributed by atoms with van der Waals surface area (Å²) in [5.41, 5.74) is 0.908. The van der Waals surface area contributed by atoms with Crippen LogP contribution in [-0.4, -0.2) is 84.9 Å². The van der Waals surface area contributed by atoms with E-state index < -0.39 is 11.6 Å². The van der Waals surface area contributed by atoms with Crippen LogP contribution in [0.15, 0.2) is 18.3 Å². The zero-order chi connectivity index (χ0) is 21.0. The summed E-state index contributed by atoms with van der Waals surface area (Å²) in [5, 5.41) is 0. The van der Waals surface area contributed by atoms with Crippen molar-refractivity contribution < 1.29 is 19.1 Å². The third-order valence-corrected chi connectivity index (χ3v) is 5.45. The maximum atomic E-state index is 12.2. The molecular weight excluding hydrogens is 372 g/mol. The van der Waals surface area contributed by atoms with Gasteiger partial charge >= 0.3 is 12.1 Å². The van der Waals surface area contributed by atoms with Crippen LogP contribution in [0, 0.1) is 0 Å². The number of piperidine rings is 1. The number of hydrogen-bond donors (Lipinski definition) is 0. The first-order chi connectivity index (χ1) is 13.8. The van der Waals surface area contributed by atoms with Crippen LogP contribution in [0.4, 0.5) is 10.5 Å². The number of hydrogen-bond acceptors (Lipinski definition) is 7. The smallest absolute Gasteiger partial charge is 0.410 e. The maximum Gasteiger partial charge on any atom is 0.410 e. The van der Waals surface area contributed by atoms with Gasteiger partial charge in [0.1, 0.15) is 11.3 Å². The lowest BCUT2D eigenvalue weighted by molar-refractivity contribution is 0.00900. The fourth-order valence-electron chi connectivity index (χ4n) is 3.88. The number of carbonyl (C=O) groups is 2. The van der Waals surface area contributed by atoms with Crippen LogP contribution >= 0.6 is 0 Å². The molecule has 2 saturated heterocycles. The Morgan fingerprint density at radius 2 is 1.69 bits per heavy atom. The predicted molar refractivity (Wildman–Crippen MR) is 110 cm³/mol. The summed E-state index contributed by atoms with van der Waals surface area (Å²) >= 11 is 0. The van der Waals surface area contributed by atoms with Crippen molar-refractivity contribution in [2.75, 3.05) is 51.3 Å². The van der Waals surface area contributed by atoms with Crippen molar-refractivity contribution in [2.24, 2.45) is 0 Å². The predicted octanol–water partition coefficient (Wildman–Crippen LogP) is 2.39. The molecule has 8 nitrogen and oxygen atoms in total. The highest BCUT2D eigenvalue weighted by Gasteiger charge is 2.30. The molecule has 2 aliphatic heterocycles. The molecule has 2 aliphatic rings. The Labute approximate surface area is 172 Å². The molecule has 8 heteroatoms. The topological polar surface area (TPSA) is 75.2 Å². The first-order valence-corrected chi connectivity index (χ1v) is 10.3. The molecule has 0 bridgehead atoms. The molecule has 0 spiro atoms. The molecular formula is C21H32N4O4. The number of amides is 1. The van der Waals surface area contributed by atoms with E-state index in [1.165, 1.54) is 7.11 Å². The van der Waals surface area contributed by atoms with Crippen molar-refractivity contribution in [3.63, 3.8) is 0 Å². The van der Waals surface area contributed by atoms with Crippen molar-refractivity contribution >= 4 is 17.7 Å². The Morgan fingerprint density at radius 3 is 2.21 bits per heavy atom. The fourth-order valence-corrected chi connectivity index (χ4v) is 3.88.